The first-order chi connectivity index (χ1) is 13.0. The molecule has 0 unspecified atom stereocenters. The number of amides is 1. The van der Waals surface area contributed by atoms with Crippen LogP contribution in [0.1, 0.15) is 22.1 Å². The summed E-state index contributed by atoms with van der Waals surface area (Å²) in [6.45, 7) is -1.06. The summed E-state index contributed by atoms with van der Waals surface area (Å²) in [5.41, 5.74) is 0.859. The standard InChI is InChI=1S/C18H15F2N3O4/c1-11-21-16(27-23-11)10-25-14-8-4-13(5-9-14)22-17(24)12-2-6-15(7-3-12)26-18(19)20/h2-9,18H,10H2,1H3,(H,22,24). The number of hydrogen-bond donors (Lipinski definition) is 1. The highest BCUT2D eigenvalue weighted by molar-refractivity contribution is 6.04. The Morgan fingerprint density at radius 2 is 1.78 bits per heavy atom. The van der Waals surface area contributed by atoms with Gasteiger partial charge in [0.2, 0.25) is 0 Å². The van der Waals surface area contributed by atoms with E-state index in [2.05, 4.69) is 20.2 Å². The lowest BCUT2D eigenvalue weighted by atomic mass is 10.2. The molecule has 0 saturated carbocycles. The van der Waals surface area contributed by atoms with Crippen LogP contribution in [0.5, 0.6) is 11.5 Å². The summed E-state index contributed by atoms with van der Waals surface area (Å²) in [4.78, 5) is 16.2. The maximum Gasteiger partial charge on any atom is 0.387 e. The average molecular weight is 375 g/mol. The van der Waals surface area contributed by atoms with E-state index in [9.17, 15) is 13.6 Å². The fourth-order valence-corrected chi connectivity index (χ4v) is 2.17. The van der Waals surface area contributed by atoms with Crippen molar-refractivity contribution in [1.82, 2.24) is 10.1 Å². The molecule has 27 heavy (non-hydrogen) atoms. The van der Waals surface area contributed by atoms with Gasteiger partial charge in [0.25, 0.3) is 11.8 Å². The topological polar surface area (TPSA) is 86.5 Å². The summed E-state index contributed by atoms with van der Waals surface area (Å²) in [7, 11) is 0. The number of rotatable bonds is 7. The normalized spacial score (nSPS) is 10.7. The fraction of sp³-hybridized carbons (Fsp3) is 0.167. The molecule has 3 aromatic rings. The van der Waals surface area contributed by atoms with E-state index in [0.29, 0.717) is 28.7 Å². The zero-order chi connectivity index (χ0) is 19.2. The number of hydrogen-bond acceptors (Lipinski definition) is 6. The molecule has 2 aromatic carbocycles. The van der Waals surface area contributed by atoms with Gasteiger partial charge in [0, 0.05) is 11.3 Å². The molecule has 0 spiro atoms. The summed E-state index contributed by atoms with van der Waals surface area (Å²) in [6.07, 6.45) is 0. The van der Waals surface area contributed by atoms with Gasteiger partial charge >= 0.3 is 6.61 Å². The van der Waals surface area contributed by atoms with Gasteiger partial charge in [0.1, 0.15) is 11.5 Å². The monoisotopic (exact) mass is 375 g/mol. The summed E-state index contributed by atoms with van der Waals surface area (Å²) in [5, 5.41) is 6.36. The van der Waals surface area contributed by atoms with Crippen molar-refractivity contribution in [2.75, 3.05) is 5.32 Å². The van der Waals surface area contributed by atoms with Crippen LogP contribution in [0.4, 0.5) is 14.5 Å². The minimum atomic E-state index is -2.91. The van der Waals surface area contributed by atoms with E-state index in [1.54, 1.807) is 31.2 Å². The second kappa shape index (κ2) is 8.26. The number of anilines is 1. The highest BCUT2D eigenvalue weighted by Crippen LogP contribution is 2.19. The number of carbonyl (C=O) groups is 1. The highest BCUT2D eigenvalue weighted by atomic mass is 19.3. The van der Waals surface area contributed by atoms with Crippen LogP contribution in [-0.2, 0) is 6.61 Å². The van der Waals surface area contributed by atoms with E-state index in [4.69, 9.17) is 9.26 Å². The van der Waals surface area contributed by atoms with E-state index < -0.39 is 6.61 Å². The Balaban J connectivity index is 1.54. The number of nitrogens with one attached hydrogen (secondary N) is 1. The van der Waals surface area contributed by atoms with Crippen molar-refractivity contribution in [2.24, 2.45) is 0 Å². The van der Waals surface area contributed by atoms with Crippen LogP contribution < -0.4 is 14.8 Å². The number of alkyl halides is 2. The number of halogens is 2. The lowest BCUT2D eigenvalue weighted by molar-refractivity contribution is -0.0498. The molecule has 1 amide bonds. The number of carbonyl (C=O) groups excluding carboxylic acids is 1. The average Bonchev–Trinajstić information content (AvgIpc) is 3.06. The van der Waals surface area contributed by atoms with Gasteiger partial charge < -0.3 is 19.3 Å². The van der Waals surface area contributed by atoms with Crippen LogP contribution in [0.15, 0.2) is 53.1 Å². The fourth-order valence-electron chi connectivity index (χ4n) is 2.17. The molecular formula is C18H15F2N3O4. The maximum absolute atomic E-state index is 12.2. The van der Waals surface area contributed by atoms with Crippen molar-refractivity contribution in [2.45, 2.75) is 20.1 Å². The second-order valence-corrected chi connectivity index (χ2v) is 5.41. The smallest absolute Gasteiger partial charge is 0.387 e. The maximum atomic E-state index is 12.2. The largest absolute Gasteiger partial charge is 0.484 e. The highest BCUT2D eigenvalue weighted by Gasteiger charge is 2.09. The molecule has 0 radical (unpaired) electrons. The van der Waals surface area contributed by atoms with Crippen molar-refractivity contribution in [3.05, 3.63) is 65.8 Å². The first-order valence-corrected chi connectivity index (χ1v) is 7.88. The molecule has 1 N–H and O–H groups in total. The zero-order valence-electron chi connectivity index (χ0n) is 14.2. The summed E-state index contributed by atoms with van der Waals surface area (Å²) in [6, 6.07) is 12.1. The quantitative estimate of drug-likeness (QED) is 0.676. The molecule has 9 heteroatoms. The van der Waals surface area contributed by atoms with E-state index in [1.807, 2.05) is 0 Å². The van der Waals surface area contributed by atoms with Gasteiger partial charge in [-0.3, -0.25) is 4.79 Å². The predicted octanol–water partition coefficient (Wildman–Crippen LogP) is 3.81. The third-order valence-electron chi connectivity index (χ3n) is 3.39. The van der Waals surface area contributed by atoms with Gasteiger partial charge in [-0.25, -0.2) is 0 Å². The molecule has 0 aliphatic carbocycles. The Labute approximate surface area is 152 Å². The molecule has 1 heterocycles. The molecule has 0 atom stereocenters. The molecule has 140 valence electrons. The van der Waals surface area contributed by atoms with Gasteiger partial charge in [0.05, 0.1) is 0 Å². The van der Waals surface area contributed by atoms with Crippen LogP contribution >= 0.6 is 0 Å². The van der Waals surface area contributed by atoms with Crippen molar-refractivity contribution in [1.29, 1.82) is 0 Å². The zero-order valence-corrected chi connectivity index (χ0v) is 14.2. The summed E-state index contributed by atoms with van der Waals surface area (Å²) < 4.78 is 39.0. The lowest BCUT2D eigenvalue weighted by Gasteiger charge is -2.08. The Kier molecular flexibility index (Phi) is 5.60. The molecule has 0 bridgehead atoms. The Morgan fingerprint density at radius 1 is 1.11 bits per heavy atom. The Morgan fingerprint density at radius 3 is 2.37 bits per heavy atom. The molecule has 3 rings (SSSR count). The Hall–Kier alpha value is -3.49. The van der Waals surface area contributed by atoms with E-state index in [0.717, 1.165) is 0 Å². The first kappa shape index (κ1) is 18.3. The minimum absolute atomic E-state index is 0.0144. The van der Waals surface area contributed by atoms with Gasteiger partial charge in [-0.2, -0.15) is 13.8 Å². The second-order valence-electron chi connectivity index (χ2n) is 5.41. The van der Waals surface area contributed by atoms with Crippen molar-refractivity contribution >= 4 is 11.6 Å². The number of nitrogens with zero attached hydrogens (tertiary/aromatic N) is 2. The molecule has 0 aliphatic rings. The lowest BCUT2D eigenvalue weighted by Crippen LogP contribution is -2.12. The van der Waals surface area contributed by atoms with Gasteiger partial charge in [-0.15, -0.1) is 0 Å². The van der Waals surface area contributed by atoms with Crippen LogP contribution in [0.2, 0.25) is 0 Å². The van der Waals surface area contributed by atoms with E-state index >= 15 is 0 Å². The van der Waals surface area contributed by atoms with Crippen molar-refractivity contribution in [3.63, 3.8) is 0 Å². The van der Waals surface area contributed by atoms with Gasteiger partial charge in [-0.05, 0) is 55.5 Å². The number of aryl methyl sites for hydroxylation is 1. The van der Waals surface area contributed by atoms with Crippen molar-refractivity contribution in [3.8, 4) is 11.5 Å². The predicted molar refractivity (Wildman–Crippen MR) is 90.8 cm³/mol. The number of benzene rings is 2. The van der Waals surface area contributed by atoms with Crippen LogP contribution in [0.25, 0.3) is 0 Å². The number of aromatic nitrogens is 2. The Bertz CT molecular complexity index is 896. The first-order valence-electron chi connectivity index (χ1n) is 7.88. The van der Waals surface area contributed by atoms with Crippen LogP contribution in [0, 0.1) is 6.92 Å². The van der Waals surface area contributed by atoms with E-state index in [-0.39, 0.29) is 18.3 Å². The van der Waals surface area contributed by atoms with Gasteiger partial charge in [-0.1, -0.05) is 5.16 Å². The van der Waals surface area contributed by atoms with E-state index in [1.165, 1.54) is 24.3 Å². The SMILES string of the molecule is Cc1noc(COc2ccc(NC(=O)c3ccc(OC(F)F)cc3)cc2)n1. The molecular weight excluding hydrogens is 360 g/mol. The molecule has 0 aliphatic heterocycles. The third kappa shape index (κ3) is 5.24. The molecule has 1 aromatic heterocycles. The van der Waals surface area contributed by atoms with Crippen LogP contribution in [0.3, 0.4) is 0 Å². The summed E-state index contributed by atoms with van der Waals surface area (Å²) in [5.74, 6) is 1.06. The molecule has 7 nitrogen and oxygen atoms in total. The molecule has 0 saturated heterocycles. The minimum Gasteiger partial charge on any atom is -0.484 e. The number of ether oxygens (including phenoxy) is 2. The summed E-state index contributed by atoms with van der Waals surface area (Å²) >= 11 is 0. The third-order valence-corrected chi connectivity index (χ3v) is 3.39. The van der Waals surface area contributed by atoms with Crippen molar-refractivity contribution < 1.29 is 27.6 Å². The van der Waals surface area contributed by atoms with Crippen LogP contribution in [-0.4, -0.2) is 22.7 Å². The van der Waals surface area contributed by atoms with Gasteiger partial charge in [0.15, 0.2) is 12.4 Å². The molecule has 0 fully saturated rings.